The molecule has 0 saturated carbocycles. The second-order valence-electron chi connectivity index (χ2n) is 9.47. The molecule has 2 aromatic rings. The van der Waals surface area contributed by atoms with E-state index in [9.17, 15) is 0 Å². The molecule has 176 valence electrons. The molecule has 0 N–H and O–H groups in total. The van der Waals surface area contributed by atoms with Gasteiger partial charge in [0.2, 0.25) is 0 Å². The Hall–Kier alpha value is -1.27. The first kappa shape index (κ1) is 22.5. The van der Waals surface area contributed by atoms with Crippen LogP contribution in [0.3, 0.4) is 0 Å². The van der Waals surface area contributed by atoms with Crippen LogP contribution in [-0.2, 0) is 18.9 Å². The van der Waals surface area contributed by atoms with Crippen molar-refractivity contribution < 1.29 is 18.9 Å². The van der Waals surface area contributed by atoms with E-state index in [1.54, 1.807) is 18.1 Å². The van der Waals surface area contributed by atoms with Gasteiger partial charge in [0.15, 0.2) is 5.79 Å². The molecule has 3 saturated heterocycles. The number of nitrogens with zero attached hydrogens (tertiary/aromatic N) is 5. The van der Waals surface area contributed by atoms with E-state index in [0.29, 0.717) is 6.04 Å². The summed E-state index contributed by atoms with van der Waals surface area (Å²) in [6.07, 6.45) is 2.95. The molecule has 3 fully saturated rings. The van der Waals surface area contributed by atoms with Crippen molar-refractivity contribution in [3.05, 3.63) is 24.2 Å². The highest BCUT2D eigenvalue weighted by molar-refractivity contribution is 7.98. The first-order valence-corrected chi connectivity index (χ1v) is 12.4. The zero-order valence-corrected chi connectivity index (χ0v) is 20.2. The van der Waals surface area contributed by atoms with Crippen LogP contribution < -0.4 is 0 Å². The zero-order valence-electron chi connectivity index (χ0n) is 19.4. The molecule has 32 heavy (non-hydrogen) atoms. The van der Waals surface area contributed by atoms with Gasteiger partial charge in [-0.1, -0.05) is 0 Å². The Bertz CT molecular complexity index is 954. The van der Waals surface area contributed by atoms with Crippen LogP contribution in [0.25, 0.3) is 5.52 Å². The van der Waals surface area contributed by atoms with Crippen molar-refractivity contribution in [3.63, 3.8) is 0 Å². The van der Waals surface area contributed by atoms with E-state index >= 15 is 0 Å². The van der Waals surface area contributed by atoms with E-state index in [4.69, 9.17) is 18.9 Å². The highest BCUT2D eigenvalue weighted by Crippen LogP contribution is 2.45. The SMILES string of the molecule is CSc1ncnn2c([C@@H]3OC(CN4CCOC[C@H]4CN(C)C)[C@H]4OC(C)(C)O[C@H]43)ccc12. The van der Waals surface area contributed by atoms with Crippen LogP contribution in [0.1, 0.15) is 25.6 Å². The van der Waals surface area contributed by atoms with Crippen molar-refractivity contribution in [2.45, 2.75) is 55.1 Å². The van der Waals surface area contributed by atoms with Crippen molar-refractivity contribution in [2.75, 3.05) is 53.2 Å². The first-order chi connectivity index (χ1) is 15.4. The standard InChI is InChI=1S/C22H33N5O4S/c1-22(2)30-19-17(11-26-8-9-28-12-14(26)10-25(3)4)29-18(20(19)31-22)15-6-7-16-21(32-5)23-13-24-27(15)16/h6-7,13-14,17-20H,8-12H2,1-5H3/t14-,17?,18+,19-,20+/m1/s1. The Morgan fingerprint density at radius 3 is 2.81 bits per heavy atom. The third-order valence-corrected chi connectivity index (χ3v) is 7.12. The summed E-state index contributed by atoms with van der Waals surface area (Å²) in [6.45, 7) is 8.07. The van der Waals surface area contributed by atoms with Gasteiger partial charge < -0.3 is 23.8 Å². The second kappa shape index (κ2) is 8.83. The summed E-state index contributed by atoms with van der Waals surface area (Å²) in [6, 6.07) is 4.47. The van der Waals surface area contributed by atoms with E-state index in [1.807, 2.05) is 24.6 Å². The van der Waals surface area contributed by atoms with E-state index in [-0.39, 0.29) is 24.4 Å². The lowest BCUT2D eigenvalue weighted by Gasteiger charge is -2.38. The molecule has 5 rings (SSSR count). The van der Waals surface area contributed by atoms with Crippen LogP contribution >= 0.6 is 11.8 Å². The number of rotatable bonds is 6. The maximum atomic E-state index is 6.67. The largest absolute Gasteiger partial charge is 0.378 e. The van der Waals surface area contributed by atoms with Gasteiger partial charge in [-0.15, -0.1) is 11.8 Å². The minimum Gasteiger partial charge on any atom is -0.378 e. The monoisotopic (exact) mass is 463 g/mol. The summed E-state index contributed by atoms with van der Waals surface area (Å²) in [5.41, 5.74) is 1.96. The van der Waals surface area contributed by atoms with Gasteiger partial charge in [-0.25, -0.2) is 9.50 Å². The fourth-order valence-corrected chi connectivity index (χ4v) is 5.64. The summed E-state index contributed by atoms with van der Waals surface area (Å²) >= 11 is 1.61. The van der Waals surface area contributed by atoms with Crippen molar-refractivity contribution in [2.24, 2.45) is 0 Å². The molecular formula is C22H33N5O4S. The molecule has 0 aliphatic carbocycles. The van der Waals surface area contributed by atoms with Crippen LogP contribution in [-0.4, -0.2) is 108 Å². The number of thioether (sulfide) groups is 1. The fourth-order valence-electron chi connectivity index (χ4n) is 5.12. The van der Waals surface area contributed by atoms with Gasteiger partial charge in [0.1, 0.15) is 35.8 Å². The molecule has 10 heteroatoms. The molecule has 3 aliphatic rings. The summed E-state index contributed by atoms with van der Waals surface area (Å²) in [7, 11) is 4.20. The smallest absolute Gasteiger partial charge is 0.164 e. The Balaban J connectivity index is 1.42. The van der Waals surface area contributed by atoms with Crippen LogP contribution in [0.15, 0.2) is 23.5 Å². The van der Waals surface area contributed by atoms with E-state index in [0.717, 1.165) is 49.1 Å². The molecule has 5 heterocycles. The zero-order chi connectivity index (χ0) is 22.5. The van der Waals surface area contributed by atoms with Crippen molar-refractivity contribution in [1.82, 2.24) is 24.4 Å². The topological polar surface area (TPSA) is 73.6 Å². The highest BCUT2D eigenvalue weighted by Gasteiger charge is 2.56. The average Bonchev–Trinajstić information content (AvgIpc) is 3.40. The fraction of sp³-hybridized carbons (Fsp3) is 0.727. The minimum absolute atomic E-state index is 0.0954. The third-order valence-electron chi connectivity index (χ3n) is 6.42. The lowest BCUT2D eigenvalue weighted by molar-refractivity contribution is -0.191. The summed E-state index contributed by atoms with van der Waals surface area (Å²) in [5, 5.41) is 5.46. The molecule has 2 aromatic heterocycles. The van der Waals surface area contributed by atoms with Crippen molar-refractivity contribution in [3.8, 4) is 0 Å². The van der Waals surface area contributed by atoms with E-state index in [1.165, 1.54) is 0 Å². The van der Waals surface area contributed by atoms with Crippen molar-refractivity contribution >= 4 is 17.3 Å². The summed E-state index contributed by atoms with van der Waals surface area (Å²) in [5.74, 6) is -0.643. The van der Waals surface area contributed by atoms with Gasteiger partial charge in [-0.05, 0) is 46.3 Å². The van der Waals surface area contributed by atoms with Gasteiger partial charge >= 0.3 is 0 Å². The predicted molar refractivity (Wildman–Crippen MR) is 121 cm³/mol. The number of hydrogen-bond acceptors (Lipinski definition) is 9. The molecule has 0 radical (unpaired) electrons. The number of morpholine rings is 1. The van der Waals surface area contributed by atoms with Crippen LogP contribution in [0.4, 0.5) is 0 Å². The third kappa shape index (κ3) is 4.18. The van der Waals surface area contributed by atoms with Gasteiger partial charge in [0.05, 0.1) is 24.4 Å². The molecule has 0 spiro atoms. The van der Waals surface area contributed by atoms with Crippen LogP contribution in [0.2, 0.25) is 0 Å². The Morgan fingerprint density at radius 2 is 2.03 bits per heavy atom. The summed E-state index contributed by atoms with van der Waals surface area (Å²) in [4.78, 5) is 9.08. The van der Waals surface area contributed by atoms with Gasteiger partial charge in [-0.3, -0.25) is 4.90 Å². The Morgan fingerprint density at radius 1 is 1.22 bits per heavy atom. The van der Waals surface area contributed by atoms with Crippen LogP contribution in [0.5, 0.6) is 0 Å². The van der Waals surface area contributed by atoms with Gasteiger partial charge in [0, 0.05) is 25.7 Å². The Labute approximate surface area is 193 Å². The average molecular weight is 464 g/mol. The number of fused-ring (bicyclic) bond motifs is 2. The summed E-state index contributed by atoms with van der Waals surface area (Å²) < 4.78 is 27.1. The lowest BCUT2D eigenvalue weighted by Crippen LogP contribution is -2.53. The lowest BCUT2D eigenvalue weighted by atomic mass is 10.0. The number of likely N-dealkylation sites (N-methyl/N-ethyl adjacent to an activating group) is 1. The first-order valence-electron chi connectivity index (χ1n) is 11.2. The quantitative estimate of drug-likeness (QED) is 0.595. The molecule has 3 aliphatic heterocycles. The number of aromatic nitrogens is 3. The predicted octanol–water partition coefficient (Wildman–Crippen LogP) is 1.67. The number of hydrogen-bond donors (Lipinski definition) is 0. The molecular weight excluding hydrogens is 430 g/mol. The molecule has 5 atom stereocenters. The van der Waals surface area contributed by atoms with Crippen molar-refractivity contribution in [1.29, 1.82) is 0 Å². The molecule has 9 nitrogen and oxygen atoms in total. The van der Waals surface area contributed by atoms with Gasteiger partial charge in [-0.2, -0.15) is 5.10 Å². The normalized spacial score (nSPS) is 32.8. The van der Waals surface area contributed by atoms with E-state index < -0.39 is 5.79 Å². The Kier molecular flexibility index (Phi) is 6.21. The molecule has 0 bridgehead atoms. The second-order valence-corrected chi connectivity index (χ2v) is 10.3. The maximum Gasteiger partial charge on any atom is 0.164 e. The maximum absolute atomic E-state index is 6.67. The molecule has 0 aromatic carbocycles. The van der Waals surface area contributed by atoms with Gasteiger partial charge in [0.25, 0.3) is 0 Å². The minimum atomic E-state index is -0.643. The molecule has 1 unspecified atom stereocenters. The highest BCUT2D eigenvalue weighted by atomic mass is 32.2. The van der Waals surface area contributed by atoms with E-state index in [2.05, 4.69) is 46.1 Å². The van der Waals surface area contributed by atoms with Crippen LogP contribution in [0, 0.1) is 0 Å². The molecule has 0 amide bonds. The number of ether oxygens (including phenoxy) is 4.